The summed E-state index contributed by atoms with van der Waals surface area (Å²) in [6.07, 6.45) is 3.21. The predicted molar refractivity (Wildman–Crippen MR) is 76.7 cm³/mol. The topological polar surface area (TPSA) is 70.9 Å². The number of hydrogen-bond donors (Lipinski definition) is 2. The van der Waals surface area contributed by atoms with E-state index in [4.69, 9.17) is 0 Å². The van der Waals surface area contributed by atoms with Gasteiger partial charge in [0.05, 0.1) is 5.69 Å². The monoisotopic (exact) mass is 264 g/mol. The first-order chi connectivity index (χ1) is 9.81. The minimum absolute atomic E-state index is 0.0290. The lowest BCUT2D eigenvalue weighted by atomic mass is 10.2. The Morgan fingerprint density at radius 3 is 2.50 bits per heavy atom. The summed E-state index contributed by atoms with van der Waals surface area (Å²) in [7, 11) is 0. The first kappa shape index (κ1) is 12.1. The van der Waals surface area contributed by atoms with E-state index in [0.717, 1.165) is 16.9 Å². The molecule has 0 radical (unpaired) electrons. The Hall–Kier alpha value is -2.95. The van der Waals surface area contributed by atoms with Gasteiger partial charge in [0, 0.05) is 29.7 Å². The number of hydrogen-bond acceptors (Lipinski definition) is 5. The molecule has 0 saturated carbocycles. The second kappa shape index (κ2) is 5.36. The van der Waals surface area contributed by atoms with Crippen LogP contribution in [0.15, 0.2) is 60.9 Å². The van der Waals surface area contributed by atoms with Crippen molar-refractivity contribution in [3.05, 3.63) is 60.9 Å². The number of pyridine rings is 1. The molecular formula is C15H12N4O. The number of aromatic nitrogens is 3. The highest BCUT2D eigenvalue weighted by Gasteiger charge is 2.03. The lowest BCUT2D eigenvalue weighted by Crippen LogP contribution is -1.97. The average molecular weight is 264 g/mol. The van der Waals surface area contributed by atoms with Crippen molar-refractivity contribution in [2.45, 2.75) is 0 Å². The Morgan fingerprint density at radius 1 is 0.900 bits per heavy atom. The number of anilines is 2. The van der Waals surface area contributed by atoms with Crippen molar-refractivity contribution in [3.63, 3.8) is 0 Å². The molecule has 20 heavy (non-hydrogen) atoms. The van der Waals surface area contributed by atoms with Gasteiger partial charge >= 0.3 is 0 Å². The molecule has 1 aromatic carbocycles. The highest BCUT2D eigenvalue weighted by molar-refractivity contribution is 5.62. The van der Waals surface area contributed by atoms with Gasteiger partial charge in [0.1, 0.15) is 0 Å². The first-order valence-corrected chi connectivity index (χ1v) is 6.12. The van der Waals surface area contributed by atoms with E-state index in [9.17, 15) is 5.11 Å². The van der Waals surface area contributed by atoms with Gasteiger partial charge in [-0.1, -0.05) is 18.2 Å². The van der Waals surface area contributed by atoms with Gasteiger partial charge in [0.2, 0.25) is 11.8 Å². The third-order valence-electron chi connectivity index (χ3n) is 2.73. The SMILES string of the molecule is Oc1cc(-c2ccnc(Nc3ccccc3)n2)ccn1. The third kappa shape index (κ3) is 2.72. The Bertz CT molecular complexity index is 716. The molecule has 98 valence electrons. The summed E-state index contributed by atoms with van der Waals surface area (Å²) in [5, 5.41) is 12.5. The van der Waals surface area contributed by atoms with Crippen molar-refractivity contribution in [3.8, 4) is 17.1 Å². The Balaban J connectivity index is 1.90. The summed E-state index contributed by atoms with van der Waals surface area (Å²) in [5.74, 6) is 0.476. The summed E-state index contributed by atoms with van der Waals surface area (Å²) >= 11 is 0. The van der Waals surface area contributed by atoms with Gasteiger partial charge in [-0.3, -0.25) is 0 Å². The van der Waals surface area contributed by atoms with Crippen LogP contribution in [0.2, 0.25) is 0 Å². The first-order valence-electron chi connectivity index (χ1n) is 6.12. The molecule has 2 heterocycles. The fourth-order valence-corrected chi connectivity index (χ4v) is 1.81. The molecule has 0 spiro atoms. The van der Waals surface area contributed by atoms with Crippen molar-refractivity contribution < 1.29 is 5.11 Å². The standard InChI is InChI=1S/C15H12N4O/c20-14-10-11(6-8-16-14)13-7-9-17-15(19-13)18-12-4-2-1-3-5-12/h1-10H,(H,16,20)(H,17,18,19). The Labute approximate surface area is 116 Å². The molecule has 2 N–H and O–H groups in total. The van der Waals surface area contributed by atoms with Crippen LogP contribution in [0, 0.1) is 0 Å². The van der Waals surface area contributed by atoms with Crippen LogP contribution in [0.1, 0.15) is 0 Å². The smallest absolute Gasteiger partial charge is 0.227 e. The highest BCUT2D eigenvalue weighted by atomic mass is 16.3. The summed E-state index contributed by atoms with van der Waals surface area (Å²) in [6.45, 7) is 0. The lowest BCUT2D eigenvalue weighted by Gasteiger charge is -2.06. The van der Waals surface area contributed by atoms with Crippen molar-refractivity contribution in [2.75, 3.05) is 5.32 Å². The molecule has 0 fully saturated rings. The highest BCUT2D eigenvalue weighted by Crippen LogP contribution is 2.21. The van der Waals surface area contributed by atoms with E-state index in [0.29, 0.717) is 5.95 Å². The molecular weight excluding hydrogens is 252 g/mol. The summed E-state index contributed by atoms with van der Waals surface area (Å²) in [4.78, 5) is 12.4. The summed E-state index contributed by atoms with van der Waals surface area (Å²) in [6, 6.07) is 14.8. The van der Waals surface area contributed by atoms with Crippen molar-refractivity contribution >= 4 is 11.6 Å². The maximum atomic E-state index is 9.41. The number of nitrogens with one attached hydrogen (secondary N) is 1. The normalized spacial score (nSPS) is 10.2. The zero-order valence-electron chi connectivity index (χ0n) is 10.6. The van der Waals surface area contributed by atoms with Crippen molar-refractivity contribution in [1.82, 2.24) is 15.0 Å². The lowest BCUT2D eigenvalue weighted by molar-refractivity contribution is 0.454. The second-order valence-electron chi connectivity index (χ2n) is 4.16. The van der Waals surface area contributed by atoms with E-state index in [1.807, 2.05) is 30.3 Å². The van der Waals surface area contributed by atoms with Gasteiger partial charge in [-0.15, -0.1) is 0 Å². The molecule has 0 saturated heterocycles. The zero-order chi connectivity index (χ0) is 13.8. The molecule has 3 rings (SSSR count). The Morgan fingerprint density at radius 2 is 1.70 bits per heavy atom. The molecule has 5 nitrogen and oxygen atoms in total. The van der Waals surface area contributed by atoms with Crippen LogP contribution in [0.4, 0.5) is 11.6 Å². The van der Waals surface area contributed by atoms with E-state index in [2.05, 4.69) is 20.3 Å². The molecule has 0 amide bonds. The number of nitrogens with zero attached hydrogens (tertiary/aromatic N) is 3. The maximum Gasteiger partial charge on any atom is 0.227 e. The van der Waals surface area contributed by atoms with Gasteiger partial charge in [-0.25, -0.2) is 15.0 Å². The average Bonchev–Trinajstić information content (AvgIpc) is 2.49. The molecule has 0 aliphatic heterocycles. The largest absolute Gasteiger partial charge is 0.493 e. The maximum absolute atomic E-state index is 9.41. The van der Waals surface area contributed by atoms with Gasteiger partial charge in [0.15, 0.2) is 0 Å². The molecule has 5 heteroatoms. The molecule has 2 aromatic heterocycles. The van der Waals surface area contributed by atoms with E-state index in [-0.39, 0.29) is 5.88 Å². The van der Waals surface area contributed by atoms with E-state index in [1.165, 1.54) is 6.20 Å². The number of para-hydroxylation sites is 1. The van der Waals surface area contributed by atoms with E-state index in [1.54, 1.807) is 24.4 Å². The summed E-state index contributed by atoms with van der Waals surface area (Å²) in [5.41, 5.74) is 2.43. The number of aromatic hydroxyl groups is 1. The molecule has 0 aliphatic rings. The van der Waals surface area contributed by atoms with Crippen LogP contribution in [0.3, 0.4) is 0 Å². The van der Waals surface area contributed by atoms with Crippen LogP contribution in [-0.4, -0.2) is 20.1 Å². The minimum atomic E-state index is -0.0290. The van der Waals surface area contributed by atoms with Gasteiger partial charge < -0.3 is 10.4 Å². The second-order valence-corrected chi connectivity index (χ2v) is 4.16. The van der Waals surface area contributed by atoms with Crippen LogP contribution < -0.4 is 5.32 Å². The van der Waals surface area contributed by atoms with Crippen LogP contribution in [0.25, 0.3) is 11.3 Å². The molecule has 0 bridgehead atoms. The van der Waals surface area contributed by atoms with Crippen LogP contribution in [0.5, 0.6) is 5.88 Å². The van der Waals surface area contributed by atoms with Gasteiger partial charge in [0.25, 0.3) is 0 Å². The third-order valence-corrected chi connectivity index (χ3v) is 2.73. The quantitative estimate of drug-likeness (QED) is 0.761. The number of benzene rings is 1. The van der Waals surface area contributed by atoms with Crippen molar-refractivity contribution in [1.29, 1.82) is 0 Å². The number of rotatable bonds is 3. The van der Waals surface area contributed by atoms with Gasteiger partial charge in [-0.2, -0.15) is 0 Å². The van der Waals surface area contributed by atoms with Gasteiger partial charge in [-0.05, 0) is 24.3 Å². The van der Waals surface area contributed by atoms with E-state index < -0.39 is 0 Å². The minimum Gasteiger partial charge on any atom is -0.493 e. The molecule has 3 aromatic rings. The molecule has 0 unspecified atom stereocenters. The molecule has 0 aliphatic carbocycles. The zero-order valence-corrected chi connectivity index (χ0v) is 10.6. The fraction of sp³-hybridized carbons (Fsp3) is 0. The summed E-state index contributed by atoms with van der Waals surface area (Å²) < 4.78 is 0. The van der Waals surface area contributed by atoms with Crippen molar-refractivity contribution in [2.24, 2.45) is 0 Å². The predicted octanol–water partition coefficient (Wildman–Crippen LogP) is 2.99. The fourth-order valence-electron chi connectivity index (χ4n) is 1.81. The molecule has 0 atom stereocenters. The van der Waals surface area contributed by atoms with E-state index >= 15 is 0 Å². The van der Waals surface area contributed by atoms with Crippen LogP contribution >= 0.6 is 0 Å². The Kier molecular flexibility index (Phi) is 3.24. The van der Waals surface area contributed by atoms with Crippen LogP contribution in [-0.2, 0) is 0 Å².